The summed E-state index contributed by atoms with van der Waals surface area (Å²) in [5.41, 5.74) is -0.768. The predicted molar refractivity (Wildman–Crippen MR) is 102 cm³/mol. The van der Waals surface area contributed by atoms with Crippen molar-refractivity contribution < 1.29 is 39.2 Å². The fourth-order valence-electron chi connectivity index (χ4n) is 3.76. The third-order valence-corrected chi connectivity index (χ3v) is 5.17. The van der Waals surface area contributed by atoms with E-state index in [0.717, 1.165) is 0 Å². The Morgan fingerprint density at radius 1 is 0.931 bits per heavy atom. The van der Waals surface area contributed by atoms with Crippen LogP contribution < -0.4 is 0 Å². The van der Waals surface area contributed by atoms with Crippen molar-refractivity contribution in [1.29, 1.82) is 0 Å². The first-order chi connectivity index (χ1) is 13.6. The number of hydrogen-bond acceptors (Lipinski definition) is 8. The van der Waals surface area contributed by atoms with Crippen LogP contribution in [0.2, 0.25) is 0 Å². The number of unbranched alkanes of at least 4 members (excludes halogenated alkanes) is 1. The molecular weight excluding hydrogens is 386 g/mol. The molecule has 1 saturated heterocycles. The SMILES string of the molecule is COC(=O)CCCCC1(N(C)CC(=O)O)CN(CC(=O)O)CCN(CC(=O)O)C1. The Hall–Kier alpha value is -2.24. The second-order valence-corrected chi connectivity index (χ2v) is 7.47. The van der Waals surface area contributed by atoms with Crippen LogP contribution >= 0.6 is 0 Å². The Labute approximate surface area is 169 Å². The minimum Gasteiger partial charge on any atom is -0.480 e. The maximum Gasteiger partial charge on any atom is 0.317 e. The van der Waals surface area contributed by atoms with Gasteiger partial charge in [0.25, 0.3) is 0 Å². The quantitative estimate of drug-likeness (QED) is 0.272. The number of carbonyl (C=O) groups is 4. The molecule has 1 heterocycles. The Bertz CT molecular complexity index is 572. The van der Waals surface area contributed by atoms with E-state index in [2.05, 4.69) is 4.74 Å². The molecule has 0 aromatic heterocycles. The van der Waals surface area contributed by atoms with Gasteiger partial charge in [0.15, 0.2) is 0 Å². The lowest BCUT2D eigenvalue weighted by molar-refractivity contribution is -0.142. The number of ether oxygens (including phenoxy) is 1. The van der Waals surface area contributed by atoms with Gasteiger partial charge in [-0.05, 0) is 19.9 Å². The number of carboxylic acids is 3. The van der Waals surface area contributed by atoms with E-state index in [1.807, 2.05) is 0 Å². The van der Waals surface area contributed by atoms with Gasteiger partial charge < -0.3 is 20.1 Å². The molecule has 0 unspecified atom stereocenters. The van der Waals surface area contributed by atoms with Crippen molar-refractivity contribution in [1.82, 2.24) is 14.7 Å². The second-order valence-electron chi connectivity index (χ2n) is 7.47. The van der Waals surface area contributed by atoms with Crippen LogP contribution in [0.25, 0.3) is 0 Å². The fraction of sp³-hybridized carbons (Fsp3) is 0.778. The van der Waals surface area contributed by atoms with Crippen LogP contribution in [0.3, 0.4) is 0 Å². The zero-order valence-electron chi connectivity index (χ0n) is 17.0. The van der Waals surface area contributed by atoms with Crippen LogP contribution in [-0.2, 0) is 23.9 Å². The molecule has 29 heavy (non-hydrogen) atoms. The van der Waals surface area contributed by atoms with Gasteiger partial charge in [0, 0.05) is 38.1 Å². The summed E-state index contributed by atoms with van der Waals surface area (Å²) in [7, 11) is 2.96. The number of carboxylic acid groups (broad SMARTS) is 3. The second kappa shape index (κ2) is 11.7. The van der Waals surface area contributed by atoms with Crippen molar-refractivity contribution in [2.45, 2.75) is 31.2 Å². The van der Waals surface area contributed by atoms with Crippen molar-refractivity contribution in [2.24, 2.45) is 0 Å². The number of aliphatic carboxylic acids is 3. The molecule has 11 nitrogen and oxygen atoms in total. The first-order valence-electron chi connectivity index (χ1n) is 9.46. The van der Waals surface area contributed by atoms with E-state index in [4.69, 9.17) is 0 Å². The predicted octanol–water partition coefficient (Wildman–Crippen LogP) is -0.738. The summed E-state index contributed by atoms with van der Waals surface area (Å²) in [4.78, 5) is 50.3. The number of carbonyl (C=O) groups excluding carboxylic acids is 1. The van der Waals surface area contributed by atoms with Crippen LogP contribution in [0.4, 0.5) is 0 Å². The highest BCUT2D eigenvalue weighted by molar-refractivity contribution is 5.70. The van der Waals surface area contributed by atoms with Gasteiger partial charge >= 0.3 is 23.9 Å². The third-order valence-electron chi connectivity index (χ3n) is 5.17. The van der Waals surface area contributed by atoms with Crippen LogP contribution in [-0.4, -0.2) is 119 Å². The standard InChI is InChI=1S/C18H31N3O8/c1-19(9-14(22)23)18(6-4-3-5-17(28)29-2)12-20(10-15(24)25)7-8-21(13-18)11-16(26)27/h3-13H2,1-2H3,(H,22,23)(H,24,25)(H,26,27). The average molecular weight is 417 g/mol. The van der Waals surface area contributed by atoms with Gasteiger partial charge in [-0.1, -0.05) is 6.42 Å². The zero-order valence-corrected chi connectivity index (χ0v) is 17.0. The van der Waals surface area contributed by atoms with Gasteiger partial charge in [0.2, 0.25) is 0 Å². The molecular formula is C18H31N3O8. The van der Waals surface area contributed by atoms with Crippen molar-refractivity contribution in [3.8, 4) is 0 Å². The minimum atomic E-state index is -1.03. The maximum atomic E-state index is 11.4. The molecule has 0 radical (unpaired) electrons. The summed E-state index contributed by atoms with van der Waals surface area (Å²) in [5, 5.41) is 27.7. The molecule has 0 amide bonds. The third kappa shape index (κ3) is 8.75. The largest absolute Gasteiger partial charge is 0.480 e. The molecule has 1 fully saturated rings. The number of methoxy groups -OCH3 is 1. The van der Waals surface area contributed by atoms with Crippen molar-refractivity contribution >= 4 is 23.9 Å². The van der Waals surface area contributed by atoms with Crippen LogP contribution in [0, 0.1) is 0 Å². The molecule has 0 aliphatic carbocycles. The number of likely N-dealkylation sites (N-methyl/N-ethyl adjacent to an activating group) is 1. The number of esters is 1. The lowest BCUT2D eigenvalue weighted by Crippen LogP contribution is -2.59. The van der Waals surface area contributed by atoms with Crippen LogP contribution in [0.5, 0.6) is 0 Å². The Kier molecular flexibility index (Phi) is 9.99. The van der Waals surface area contributed by atoms with Gasteiger partial charge in [-0.15, -0.1) is 0 Å². The highest BCUT2D eigenvalue weighted by Gasteiger charge is 2.41. The summed E-state index contributed by atoms with van der Waals surface area (Å²) in [6, 6.07) is 0. The summed E-state index contributed by atoms with van der Waals surface area (Å²) in [6.45, 7) is 0.611. The highest BCUT2D eigenvalue weighted by atomic mass is 16.5. The number of hydrogen-bond donors (Lipinski definition) is 3. The van der Waals surface area contributed by atoms with Crippen LogP contribution in [0.15, 0.2) is 0 Å². The average Bonchev–Trinajstić information content (AvgIpc) is 2.77. The van der Waals surface area contributed by atoms with Crippen molar-refractivity contribution in [2.75, 3.05) is 60.0 Å². The smallest absolute Gasteiger partial charge is 0.317 e. The summed E-state index contributed by atoms with van der Waals surface area (Å²) < 4.78 is 4.64. The fourth-order valence-corrected chi connectivity index (χ4v) is 3.76. The molecule has 1 rings (SSSR count). The molecule has 1 aliphatic rings. The summed E-state index contributed by atoms with van der Waals surface area (Å²) in [6.07, 6.45) is 1.83. The molecule has 0 aromatic rings. The lowest BCUT2D eigenvalue weighted by atomic mass is 9.89. The molecule has 0 aromatic carbocycles. The monoisotopic (exact) mass is 417 g/mol. The highest BCUT2D eigenvalue weighted by Crippen LogP contribution is 2.27. The molecule has 3 N–H and O–H groups in total. The topological polar surface area (TPSA) is 148 Å². The first kappa shape index (κ1) is 24.8. The normalized spacial score (nSPS) is 17.6. The van der Waals surface area contributed by atoms with Gasteiger partial charge in [0.05, 0.1) is 26.7 Å². The van der Waals surface area contributed by atoms with E-state index in [-0.39, 0.29) is 45.1 Å². The van der Waals surface area contributed by atoms with E-state index in [0.29, 0.717) is 32.4 Å². The molecule has 0 spiro atoms. The lowest BCUT2D eigenvalue weighted by Gasteiger charge is -2.44. The molecule has 11 heteroatoms. The molecule has 0 bridgehead atoms. The number of nitrogens with zero attached hydrogens (tertiary/aromatic N) is 3. The first-order valence-corrected chi connectivity index (χ1v) is 9.46. The van der Waals surface area contributed by atoms with Gasteiger partial charge in [-0.2, -0.15) is 0 Å². The van der Waals surface area contributed by atoms with E-state index in [1.165, 1.54) is 7.11 Å². The molecule has 0 atom stereocenters. The maximum absolute atomic E-state index is 11.4. The Morgan fingerprint density at radius 3 is 1.86 bits per heavy atom. The van der Waals surface area contributed by atoms with Gasteiger partial charge in [-0.3, -0.25) is 33.9 Å². The van der Waals surface area contributed by atoms with E-state index in [9.17, 15) is 34.5 Å². The van der Waals surface area contributed by atoms with E-state index >= 15 is 0 Å². The Morgan fingerprint density at radius 2 is 1.45 bits per heavy atom. The number of rotatable bonds is 12. The van der Waals surface area contributed by atoms with Crippen molar-refractivity contribution in [3.63, 3.8) is 0 Å². The van der Waals surface area contributed by atoms with Gasteiger partial charge in [0.1, 0.15) is 0 Å². The minimum absolute atomic E-state index is 0.217. The van der Waals surface area contributed by atoms with Crippen molar-refractivity contribution in [3.05, 3.63) is 0 Å². The molecule has 0 saturated carbocycles. The summed E-state index contributed by atoms with van der Waals surface area (Å²) in [5.74, 6) is -3.37. The zero-order chi connectivity index (χ0) is 22.0. The molecule has 166 valence electrons. The van der Waals surface area contributed by atoms with E-state index < -0.39 is 23.4 Å². The summed E-state index contributed by atoms with van der Waals surface area (Å²) >= 11 is 0. The van der Waals surface area contributed by atoms with Crippen LogP contribution in [0.1, 0.15) is 25.7 Å². The van der Waals surface area contributed by atoms with E-state index in [1.54, 1.807) is 21.7 Å². The van der Waals surface area contributed by atoms with Gasteiger partial charge in [-0.25, -0.2) is 0 Å². The molecule has 1 aliphatic heterocycles. The Balaban J connectivity index is 3.09.